The Balaban J connectivity index is 2.17. The van der Waals surface area contributed by atoms with Crippen LogP contribution in [0.5, 0.6) is 0 Å². The summed E-state index contributed by atoms with van der Waals surface area (Å²) >= 11 is 0. The molecule has 0 aliphatic carbocycles. The molecule has 128 valence electrons. The van der Waals surface area contributed by atoms with Crippen LogP contribution in [-0.2, 0) is 9.59 Å². The summed E-state index contributed by atoms with van der Waals surface area (Å²) < 4.78 is 1.84. The summed E-state index contributed by atoms with van der Waals surface area (Å²) in [5.41, 5.74) is 2.90. The zero-order valence-electron chi connectivity index (χ0n) is 14.3. The van der Waals surface area contributed by atoms with E-state index < -0.39 is 17.8 Å². The predicted octanol–water partition coefficient (Wildman–Crippen LogP) is 2.99. The van der Waals surface area contributed by atoms with Crippen molar-refractivity contribution in [2.75, 3.05) is 0 Å². The predicted molar refractivity (Wildman–Crippen MR) is 93.9 cm³/mol. The van der Waals surface area contributed by atoms with Crippen LogP contribution in [-0.4, -0.2) is 32.1 Å². The molecule has 0 saturated carbocycles. The maximum Gasteiger partial charge on any atom is 0.334 e. The Labute approximate surface area is 145 Å². The number of imidazole rings is 1. The highest BCUT2D eigenvalue weighted by molar-refractivity contribution is 6.08. The van der Waals surface area contributed by atoms with Gasteiger partial charge in [-0.05, 0) is 38.5 Å². The molecule has 2 heterocycles. The van der Waals surface area contributed by atoms with Crippen molar-refractivity contribution < 1.29 is 14.7 Å². The van der Waals surface area contributed by atoms with E-state index in [1.54, 1.807) is 26.4 Å². The third kappa shape index (κ3) is 3.03. The van der Waals surface area contributed by atoms with Crippen LogP contribution >= 0.6 is 0 Å². The molecule has 6 heteroatoms. The first kappa shape index (κ1) is 16.8. The van der Waals surface area contributed by atoms with Crippen LogP contribution in [0.1, 0.15) is 32.3 Å². The van der Waals surface area contributed by atoms with Crippen LogP contribution in [0, 0.1) is 5.92 Å². The van der Waals surface area contributed by atoms with Crippen molar-refractivity contribution in [1.29, 1.82) is 0 Å². The zero-order valence-corrected chi connectivity index (χ0v) is 14.3. The van der Waals surface area contributed by atoms with Crippen LogP contribution in [0.15, 0.2) is 59.2 Å². The van der Waals surface area contributed by atoms with Crippen LogP contribution in [0.25, 0.3) is 5.69 Å². The third-order valence-corrected chi connectivity index (χ3v) is 4.53. The number of allylic oxidation sites excluding steroid dienone is 1. The lowest BCUT2D eigenvalue weighted by atomic mass is 9.74. The normalized spacial score (nSPS) is 20.4. The molecule has 1 aromatic carbocycles. The van der Waals surface area contributed by atoms with Gasteiger partial charge in [0.15, 0.2) is 0 Å². The maximum absolute atomic E-state index is 12.3. The van der Waals surface area contributed by atoms with Crippen molar-refractivity contribution in [1.82, 2.24) is 9.55 Å². The summed E-state index contributed by atoms with van der Waals surface area (Å²) in [4.78, 5) is 32.5. The van der Waals surface area contributed by atoms with Gasteiger partial charge in [-0.3, -0.25) is 9.79 Å². The second-order valence-electron chi connectivity index (χ2n) is 6.19. The number of hydrogen-bond donors (Lipinski definition) is 1. The summed E-state index contributed by atoms with van der Waals surface area (Å²) in [6.07, 6.45) is 5.16. The van der Waals surface area contributed by atoms with E-state index in [0.717, 1.165) is 11.3 Å². The van der Waals surface area contributed by atoms with E-state index in [-0.39, 0.29) is 11.4 Å². The fourth-order valence-corrected chi connectivity index (χ4v) is 3.49. The number of carbonyl (C=O) groups is 2. The molecule has 0 spiro atoms. The number of carbonyl (C=O) groups excluding carboxylic acids is 1. The van der Waals surface area contributed by atoms with Gasteiger partial charge in [0.2, 0.25) is 0 Å². The molecule has 0 saturated heterocycles. The number of hydrogen-bond acceptors (Lipinski definition) is 4. The van der Waals surface area contributed by atoms with Crippen molar-refractivity contribution in [3.8, 4) is 5.69 Å². The summed E-state index contributed by atoms with van der Waals surface area (Å²) in [5, 5.41) is 9.73. The molecule has 2 aromatic rings. The quantitative estimate of drug-likeness (QED) is 0.929. The first-order valence-corrected chi connectivity index (χ1v) is 7.98. The largest absolute Gasteiger partial charge is 0.478 e. The number of carboxylic acids is 1. The van der Waals surface area contributed by atoms with Gasteiger partial charge >= 0.3 is 5.97 Å². The standard InChI is InChI=1S/C19H19N3O3/c1-11-16(13(3)23)18(17(19(24)25)12(2)21-11)14-5-4-6-15(9-14)22-8-7-20-10-22/h4-10,16,18H,1-3H3,(H,24,25). The van der Waals surface area contributed by atoms with Gasteiger partial charge in [0.25, 0.3) is 0 Å². The lowest BCUT2D eigenvalue weighted by Crippen LogP contribution is -2.33. The molecule has 0 bridgehead atoms. The molecule has 2 atom stereocenters. The highest BCUT2D eigenvalue weighted by Crippen LogP contribution is 2.39. The van der Waals surface area contributed by atoms with Gasteiger partial charge in [-0.25, -0.2) is 9.78 Å². The average Bonchev–Trinajstić information content (AvgIpc) is 3.07. The number of aliphatic imine (C=N–C) groups is 1. The van der Waals surface area contributed by atoms with Crippen molar-refractivity contribution in [2.24, 2.45) is 10.9 Å². The fourth-order valence-electron chi connectivity index (χ4n) is 3.49. The van der Waals surface area contributed by atoms with E-state index in [4.69, 9.17) is 0 Å². The van der Waals surface area contributed by atoms with Gasteiger partial charge < -0.3 is 9.67 Å². The van der Waals surface area contributed by atoms with E-state index in [9.17, 15) is 14.7 Å². The Kier molecular flexibility index (Phi) is 4.35. The SMILES string of the molecule is CC(=O)C1C(C)=NC(C)=C(C(=O)O)C1c1cccc(-n2ccnc2)c1. The summed E-state index contributed by atoms with van der Waals surface area (Å²) in [6.45, 7) is 4.94. The third-order valence-electron chi connectivity index (χ3n) is 4.53. The van der Waals surface area contributed by atoms with E-state index in [1.807, 2.05) is 35.0 Å². The number of carboxylic acid groups (broad SMARTS) is 1. The van der Waals surface area contributed by atoms with E-state index in [2.05, 4.69) is 9.98 Å². The number of nitrogens with zero attached hydrogens (tertiary/aromatic N) is 3. The average molecular weight is 337 g/mol. The van der Waals surface area contributed by atoms with Crippen LogP contribution < -0.4 is 0 Å². The first-order chi connectivity index (χ1) is 11.9. The second kappa shape index (κ2) is 6.47. The second-order valence-corrected chi connectivity index (χ2v) is 6.19. The monoisotopic (exact) mass is 337 g/mol. The summed E-state index contributed by atoms with van der Waals surface area (Å²) in [6, 6.07) is 7.53. The smallest absolute Gasteiger partial charge is 0.334 e. The lowest BCUT2D eigenvalue weighted by Gasteiger charge is -2.31. The molecule has 3 rings (SSSR count). The lowest BCUT2D eigenvalue weighted by molar-refractivity contribution is -0.133. The molecule has 1 N–H and O–H groups in total. The van der Waals surface area contributed by atoms with Gasteiger partial charge in [-0.1, -0.05) is 12.1 Å². The molecule has 6 nitrogen and oxygen atoms in total. The fraction of sp³-hybridized carbons (Fsp3) is 0.263. The molecule has 25 heavy (non-hydrogen) atoms. The van der Waals surface area contributed by atoms with Crippen LogP contribution in [0.3, 0.4) is 0 Å². The van der Waals surface area contributed by atoms with Gasteiger partial charge in [-0.2, -0.15) is 0 Å². The molecular formula is C19H19N3O3. The van der Waals surface area contributed by atoms with Crippen LogP contribution in [0.4, 0.5) is 0 Å². The van der Waals surface area contributed by atoms with Crippen molar-refractivity contribution >= 4 is 17.5 Å². The highest BCUT2D eigenvalue weighted by Gasteiger charge is 2.39. The topological polar surface area (TPSA) is 84.5 Å². The highest BCUT2D eigenvalue weighted by atomic mass is 16.4. The Morgan fingerprint density at radius 1 is 1.24 bits per heavy atom. The van der Waals surface area contributed by atoms with Gasteiger partial charge in [-0.15, -0.1) is 0 Å². The number of ketones is 1. The number of aromatic nitrogens is 2. The minimum Gasteiger partial charge on any atom is -0.478 e. The molecule has 0 fully saturated rings. The molecular weight excluding hydrogens is 318 g/mol. The Morgan fingerprint density at radius 3 is 2.60 bits per heavy atom. The van der Waals surface area contributed by atoms with Crippen LogP contribution in [0.2, 0.25) is 0 Å². The molecule has 1 aromatic heterocycles. The number of rotatable bonds is 4. The van der Waals surface area contributed by atoms with Crippen molar-refractivity contribution in [3.05, 3.63) is 59.8 Å². The first-order valence-electron chi connectivity index (χ1n) is 7.98. The van der Waals surface area contributed by atoms with Crippen molar-refractivity contribution in [2.45, 2.75) is 26.7 Å². The minimum atomic E-state index is -1.04. The number of Topliss-reactive ketones (excluding diaryl/α,β-unsaturated/α-hetero) is 1. The molecule has 2 unspecified atom stereocenters. The number of benzene rings is 1. The Morgan fingerprint density at radius 2 is 2.00 bits per heavy atom. The van der Waals surface area contributed by atoms with Gasteiger partial charge in [0.05, 0.1) is 17.8 Å². The van der Waals surface area contributed by atoms with E-state index in [1.165, 1.54) is 6.92 Å². The molecule has 0 radical (unpaired) electrons. The molecule has 1 aliphatic heterocycles. The van der Waals surface area contributed by atoms with E-state index in [0.29, 0.717) is 11.4 Å². The zero-order chi connectivity index (χ0) is 18.1. The summed E-state index contributed by atoms with van der Waals surface area (Å²) in [7, 11) is 0. The number of aliphatic carboxylic acids is 1. The van der Waals surface area contributed by atoms with Gasteiger partial charge in [0, 0.05) is 35.4 Å². The minimum absolute atomic E-state index is 0.0921. The molecule has 0 amide bonds. The van der Waals surface area contributed by atoms with E-state index >= 15 is 0 Å². The van der Waals surface area contributed by atoms with Crippen molar-refractivity contribution in [3.63, 3.8) is 0 Å². The maximum atomic E-state index is 12.3. The Bertz CT molecular complexity index is 894. The summed E-state index contributed by atoms with van der Waals surface area (Å²) in [5.74, 6) is -2.27. The van der Waals surface area contributed by atoms with Gasteiger partial charge in [0.1, 0.15) is 5.78 Å². The molecule has 1 aliphatic rings. The Hall–Kier alpha value is -3.02.